The van der Waals surface area contributed by atoms with E-state index in [4.69, 9.17) is 0 Å². The Labute approximate surface area is 116 Å². The normalized spacial score (nSPS) is 20.4. The van der Waals surface area contributed by atoms with Gasteiger partial charge in [0.2, 0.25) is 0 Å². The lowest BCUT2D eigenvalue weighted by atomic mass is 9.79. The van der Waals surface area contributed by atoms with E-state index in [-0.39, 0.29) is 0 Å². The molecule has 1 aromatic carbocycles. The second kappa shape index (κ2) is 5.88. The number of hydrogen-bond donors (Lipinski definition) is 1. The summed E-state index contributed by atoms with van der Waals surface area (Å²) in [5, 5.41) is 10.4. The molecule has 20 heavy (non-hydrogen) atoms. The number of ether oxygens (including phenoxy) is 2. The predicted octanol–water partition coefficient (Wildman–Crippen LogP) is 1.33. The summed E-state index contributed by atoms with van der Waals surface area (Å²) in [6.07, 6.45) is 2.47. The van der Waals surface area contributed by atoms with Crippen molar-refractivity contribution >= 4 is 18.0 Å². The third kappa shape index (κ3) is 2.44. The van der Waals surface area contributed by atoms with E-state index < -0.39 is 29.9 Å². The first kappa shape index (κ1) is 14.3. The number of hydrogen-bond acceptors (Lipinski definition) is 5. The maximum atomic E-state index is 11.8. The molecule has 0 unspecified atom stereocenters. The van der Waals surface area contributed by atoms with E-state index in [2.05, 4.69) is 9.47 Å². The van der Waals surface area contributed by atoms with Crippen molar-refractivity contribution in [1.29, 1.82) is 0 Å². The van der Waals surface area contributed by atoms with Gasteiger partial charge in [0.25, 0.3) is 0 Å². The Bertz CT molecular complexity index is 533. The van der Waals surface area contributed by atoms with Crippen LogP contribution in [0.15, 0.2) is 30.3 Å². The Morgan fingerprint density at radius 2 is 1.75 bits per heavy atom. The van der Waals surface area contributed by atoms with Crippen molar-refractivity contribution in [2.75, 3.05) is 14.2 Å². The summed E-state index contributed by atoms with van der Waals surface area (Å²) in [5.41, 5.74) is 1.54. The number of carbonyl (C=O) groups is 2. The highest BCUT2D eigenvalue weighted by Gasteiger charge is 2.41. The second-order valence-electron chi connectivity index (χ2n) is 4.53. The standard InChI is InChI=1S/C15H16O5/c1-19-14(17)12(15(18)20-2)11-8-7-9-5-3-4-6-10(9)13(11)16/h3-8,11-13,16H,1-2H3/t11-,13+/m0/s1. The van der Waals surface area contributed by atoms with Crippen molar-refractivity contribution < 1.29 is 24.2 Å². The highest BCUT2D eigenvalue weighted by Crippen LogP contribution is 2.37. The first-order chi connectivity index (χ1) is 9.60. The largest absolute Gasteiger partial charge is 0.468 e. The molecule has 1 N–H and O–H groups in total. The number of methoxy groups -OCH3 is 2. The van der Waals surface area contributed by atoms with Crippen molar-refractivity contribution in [2.24, 2.45) is 11.8 Å². The van der Waals surface area contributed by atoms with Crippen LogP contribution in [0.1, 0.15) is 17.2 Å². The van der Waals surface area contributed by atoms with Crippen molar-refractivity contribution in [3.8, 4) is 0 Å². The molecule has 106 valence electrons. The average molecular weight is 276 g/mol. The Kier molecular flexibility index (Phi) is 4.20. The van der Waals surface area contributed by atoms with Gasteiger partial charge in [-0.15, -0.1) is 0 Å². The van der Waals surface area contributed by atoms with Gasteiger partial charge in [0, 0.05) is 5.92 Å². The molecule has 0 amide bonds. The summed E-state index contributed by atoms with van der Waals surface area (Å²) in [4.78, 5) is 23.6. The minimum atomic E-state index is -1.18. The topological polar surface area (TPSA) is 72.8 Å². The summed E-state index contributed by atoms with van der Waals surface area (Å²) in [5.74, 6) is -3.32. The maximum absolute atomic E-state index is 11.8. The van der Waals surface area contributed by atoms with E-state index in [9.17, 15) is 14.7 Å². The van der Waals surface area contributed by atoms with Crippen molar-refractivity contribution in [2.45, 2.75) is 6.10 Å². The Morgan fingerprint density at radius 3 is 2.35 bits per heavy atom. The molecule has 0 aliphatic heterocycles. The summed E-state index contributed by atoms with van der Waals surface area (Å²) in [6, 6.07) is 7.27. The van der Waals surface area contributed by atoms with Crippen LogP contribution in [0, 0.1) is 11.8 Å². The van der Waals surface area contributed by atoms with Crippen LogP contribution >= 0.6 is 0 Å². The molecule has 0 spiro atoms. The fraction of sp³-hybridized carbons (Fsp3) is 0.333. The van der Waals surface area contributed by atoms with Gasteiger partial charge in [-0.3, -0.25) is 9.59 Å². The molecule has 5 heteroatoms. The molecular formula is C15H16O5. The summed E-state index contributed by atoms with van der Waals surface area (Å²) < 4.78 is 9.28. The van der Waals surface area contributed by atoms with E-state index in [0.717, 1.165) is 5.56 Å². The first-order valence-electron chi connectivity index (χ1n) is 6.21. The molecule has 5 nitrogen and oxygen atoms in total. The van der Waals surface area contributed by atoms with E-state index in [1.165, 1.54) is 14.2 Å². The predicted molar refractivity (Wildman–Crippen MR) is 71.4 cm³/mol. The van der Waals surface area contributed by atoms with Crippen LogP contribution in [-0.2, 0) is 19.1 Å². The molecule has 0 heterocycles. The van der Waals surface area contributed by atoms with Crippen LogP contribution in [0.5, 0.6) is 0 Å². The fourth-order valence-electron chi connectivity index (χ4n) is 2.42. The number of aliphatic hydroxyl groups excluding tert-OH is 1. The molecule has 2 rings (SSSR count). The van der Waals surface area contributed by atoms with Gasteiger partial charge in [0.1, 0.15) is 0 Å². The van der Waals surface area contributed by atoms with E-state index in [1.54, 1.807) is 24.3 Å². The van der Waals surface area contributed by atoms with Gasteiger partial charge >= 0.3 is 11.9 Å². The molecule has 0 saturated carbocycles. The van der Waals surface area contributed by atoms with Crippen LogP contribution in [0.4, 0.5) is 0 Å². The van der Waals surface area contributed by atoms with E-state index >= 15 is 0 Å². The smallest absolute Gasteiger partial charge is 0.320 e. The van der Waals surface area contributed by atoms with E-state index in [0.29, 0.717) is 5.56 Å². The molecule has 1 aliphatic carbocycles. The molecule has 0 fully saturated rings. The van der Waals surface area contributed by atoms with Gasteiger partial charge in [-0.25, -0.2) is 0 Å². The van der Waals surface area contributed by atoms with Gasteiger partial charge in [-0.1, -0.05) is 36.4 Å². The van der Waals surface area contributed by atoms with Crippen LogP contribution in [0.3, 0.4) is 0 Å². The maximum Gasteiger partial charge on any atom is 0.320 e. The van der Waals surface area contributed by atoms with Crippen LogP contribution < -0.4 is 0 Å². The number of benzene rings is 1. The molecule has 0 saturated heterocycles. The average Bonchev–Trinajstić information content (AvgIpc) is 2.49. The molecule has 1 aliphatic rings. The van der Waals surface area contributed by atoms with Gasteiger partial charge < -0.3 is 14.6 Å². The molecule has 0 bridgehead atoms. The molecule has 0 aromatic heterocycles. The zero-order chi connectivity index (χ0) is 14.7. The van der Waals surface area contributed by atoms with Crippen LogP contribution in [0.2, 0.25) is 0 Å². The lowest BCUT2D eigenvalue weighted by Crippen LogP contribution is -2.36. The summed E-state index contributed by atoms with van der Waals surface area (Å²) in [6.45, 7) is 0. The number of rotatable bonds is 3. The van der Waals surface area contributed by atoms with Gasteiger partial charge in [-0.2, -0.15) is 0 Å². The molecular weight excluding hydrogens is 260 g/mol. The van der Waals surface area contributed by atoms with Crippen molar-refractivity contribution in [3.63, 3.8) is 0 Å². The Morgan fingerprint density at radius 1 is 1.15 bits per heavy atom. The lowest BCUT2D eigenvalue weighted by molar-refractivity contribution is -0.162. The highest BCUT2D eigenvalue weighted by atomic mass is 16.5. The zero-order valence-electron chi connectivity index (χ0n) is 11.3. The Hall–Kier alpha value is -2.14. The van der Waals surface area contributed by atoms with Gasteiger partial charge in [0.15, 0.2) is 5.92 Å². The van der Waals surface area contributed by atoms with Crippen molar-refractivity contribution in [3.05, 3.63) is 41.5 Å². The number of carbonyl (C=O) groups excluding carboxylic acids is 2. The molecule has 1 aromatic rings. The monoisotopic (exact) mass is 276 g/mol. The highest BCUT2D eigenvalue weighted by molar-refractivity contribution is 5.95. The van der Waals surface area contributed by atoms with E-state index in [1.807, 2.05) is 12.1 Å². The van der Waals surface area contributed by atoms with Gasteiger partial charge in [0.05, 0.1) is 20.3 Å². The lowest BCUT2D eigenvalue weighted by Gasteiger charge is -2.29. The summed E-state index contributed by atoms with van der Waals surface area (Å²) in [7, 11) is 2.40. The minimum absolute atomic E-state index is 0.679. The second-order valence-corrected chi connectivity index (χ2v) is 4.53. The number of esters is 2. The SMILES string of the molecule is COC(=O)C(C(=O)OC)[C@@H]1C=Cc2ccccc2[C@H]1O. The zero-order valence-corrected chi connectivity index (χ0v) is 11.3. The van der Waals surface area contributed by atoms with Crippen molar-refractivity contribution in [1.82, 2.24) is 0 Å². The molecule has 0 radical (unpaired) electrons. The number of aliphatic hydroxyl groups is 1. The third-order valence-electron chi connectivity index (χ3n) is 3.47. The number of fused-ring (bicyclic) bond motifs is 1. The quantitative estimate of drug-likeness (QED) is 0.666. The summed E-state index contributed by atoms with van der Waals surface area (Å²) >= 11 is 0. The fourth-order valence-corrected chi connectivity index (χ4v) is 2.42. The molecule has 2 atom stereocenters. The first-order valence-corrected chi connectivity index (χ1v) is 6.21. The third-order valence-corrected chi connectivity index (χ3v) is 3.47. The van der Waals surface area contributed by atoms with Crippen LogP contribution in [-0.4, -0.2) is 31.3 Å². The Balaban J connectivity index is 2.37. The van der Waals surface area contributed by atoms with Gasteiger partial charge in [-0.05, 0) is 11.1 Å². The minimum Gasteiger partial charge on any atom is -0.468 e. The van der Waals surface area contributed by atoms with Crippen LogP contribution in [0.25, 0.3) is 6.08 Å².